The summed E-state index contributed by atoms with van der Waals surface area (Å²) in [6.07, 6.45) is -7.19. The van der Waals surface area contributed by atoms with E-state index in [4.69, 9.17) is 14.3 Å². The molecule has 0 spiro atoms. The van der Waals surface area contributed by atoms with Crippen LogP contribution in [0.15, 0.2) is 53.9 Å². The van der Waals surface area contributed by atoms with E-state index < -0.39 is 29.4 Å². The zero-order chi connectivity index (χ0) is 26.2. The van der Waals surface area contributed by atoms with E-state index in [1.807, 2.05) is 0 Å². The Bertz CT molecular complexity index is 1060. The van der Waals surface area contributed by atoms with Crippen LogP contribution < -0.4 is 0 Å². The molecule has 0 radical (unpaired) electrons. The Morgan fingerprint density at radius 2 is 1.60 bits per heavy atom. The summed E-state index contributed by atoms with van der Waals surface area (Å²) in [5.41, 5.74) is -2.47. The number of esters is 1. The second-order valence-corrected chi connectivity index (χ2v) is 7.82. The second-order valence-electron chi connectivity index (χ2n) is 6.95. The van der Waals surface area contributed by atoms with Gasteiger partial charge in [0.05, 0.1) is 37.3 Å². The van der Waals surface area contributed by atoms with Crippen molar-refractivity contribution in [1.29, 1.82) is 0 Å². The minimum atomic E-state index is -4.99. The summed E-state index contributed by atoms with van der Waals surface area (Å²) in [4.78, 5) is 17.4. The third-order valence-electron chi connectivity index (χ3n) is 4.55. The van der Waals surface area contributed by atoms with Gasteiger partial charge in [0, 0.05) is 16.9 Å². The van der Waals surface area contributed by atoms with Gasteiger partial charge >= 0.3 is 18.3 Å². The highest BCUT2D eigenvalue weighted by molar-refractivity contribution is 7.99. The standard InChI is InChI=1S/C23H21F6NO4S/c1-32-12-19(21(31)33-2)18-7-5-4-6-14(18)11-34-30-20(13-35-3)15-8-16(22(24,25)26)10-17(9-15)23(27,28)29/h4-10,12H,11,13H2,1-3H3/b19-12-,30-20+. The first-order chi connectivity index (χ1) is 16.4. The molecular weight excluding hydrogens is 500 g/mol. The van der Waals surface area contributed by atoms with Crippen LogP contribution in [0.3, 0.4) is 0 Å². The second kappa shape index (κ2) is 12.0. The van der Waals surface area contributed by atoms with Crippen LogP contribution in [0.25, 0.3) is 5.57 Å². The minimum Gasteiger partial charge on any atom is -0.503 e. The highest BCUT2D eigenvalue weighted by atomic mass is 32.2. The largest absolute Gasteiger partial charge is 0.503 e. The first-order valence-corrected chi connectivity index (χ1v) is 11.2. The van der Waals surface area contributed by atoms with Gasteiger partial charge in [0.25, 0.3) is 0 Å². The Labute approximate surface area is 201 Å². The normalized spacial score (nSPS) is 12.9. The summed E-state index contributed by atoms with van der Waals surface area (Å²) in [6, 6.07) is 7.74. The molecule has 35 heavy (non-hydrogen) atoms. The van der Waals surface area contributed by atoms with Gasteiger partial charge in [0.1, 0.15) is 12.2 Å². The Kier molecular flexibility index (Phi) is 9.64. The van der Waals surface area contributed by atoms with Crippen molar-refractivity contribution in [2.45, 2.75) is 19.0 Å². The van der Waals surface area contributed by atoms with Gasteiger partial charge in [-0.05, 0) is 30.0 Å². The van der Waals surface area contributed by atoms with E-state index in [0.29, 0.717) is 23.3 Å². The molecule has 0 amide bonds. The number of methoxy groups -OCH3 is 2. The average Bonchev–Trinajstić information content (AvgIpc) is 2.80. The zero-order valence-electron chi connectivity index (χ0n) is 18.8. The highest BCUT2D eigenvalue weighted by Crippen LogP contribution is 2.36. The molecule has 0 fully saturated rings. The quantitative estimate of drug-likeness (QED) is 0.0987. The molecule has 0 aliphatic heterocycles. The molecule has 0 N–H and O–H groups in total. The van der Waals surface area contributed by atoms with Crippen molar-refractivity contribution in [3.05, 3.63) is 76.5 Å². The number of thioether (sulfide) groups is 1. The molecule has 190 valence electrons. The number of halogens is 6. The predicted molar refractivity (Wildman–Crippen MR) is 120 cm³/mol. The molecule has 0 aliphatic rings. The molecule has 0 saturated carbocycles. The van der Waals surface area contributed by atoms with E-state index in [2.05, 4.69) is 5.16 Å². The average molecular weight is 521 g/mol. The molecule has 2 rings (SSSR count). The van der Waals surface area contributed by atoms with E-state index >= 15 is 0 Å². The van der Waals surface area contributed by atoms with E-state index in [9.17, 15) is 31.1 Å². The Balaban J connectivity index is 2.44. The van der Waals surface area contributed by atoms with E-state index in [0.717, 1.165) is 11.8 Å². The predicted octanol–water partition coefficient (Wildman–Crippen LogP) is 6.17. The van der Waals surface area contributed by atoms with Gasteiger partial charge in [0.15, 0.2) is 0 Å². The van der Waals surface area contributed by atoms with Gasteiger partial charge in [-0.1, -0.05) is 29.4 Å². The van der Waals surface area contributed by atoms with Crippen LogP contribution in [0, 0.1) is 0 Å². The first-order valence-electron chi connectivity index (χ1n) is 9.79. The number of oxime groups is 1. The van der Waals surface area contributed by atoms with Crippen LogP contribution in [-0.4, -0.2) is 37.9 Å². The van der Waals surface area contributed by atoms with Gasteiger partial charge in [-0.2, -0.15) is 38.1 Å². The fourth-order valence-electron chi connectivity index (χ4n) is 2.96. The summed E-state index contributed by atoms with van der Waals surface area (Å²) >= 11 is 1.14. The van der Waals surface area contributed by atoms with Gasteiger partial charge in [-0.25, -0.2) is 4.79 Å². The molecule has 0 aromatic heterocycles. The molecule has 2 aromatic rings. The molecule has 12 heteroatoms. The van der Waals surface area contributed by atoms with Gasteiger partial charge in [-0.3, -0.25) is 0 Å². The number of carbonyl (C=O) groups is 1. The molecule has 2 aromatic carbocycles. The Morgan fingerprint density at radius 3 is 2.11 bits per heavy atom. The third kappa shape index (κ3) is 7.67. The minimum absolute atomic E-state index is 0.0166. The van der Waals surface area contributed by atoms with Crippen LogP contribution in [0.1, 0.15) is 27.8 Å². The van der Waals surface area contributed by atoms with Crippen molar-refractivity contribution < 1.29 is 45.4 Å². The maximum absolute atomic E-state index is 13.2. The van der Waals surface area contributed by atoms with Crippen molar-refractivity contribution in [2.75, 3.05) is 26.2 Å². The van der Waals surface area contributed by atoms with Gasteiger partial charge in [0.2, 0.25) is 0 Å². The smallest absolute Gasteiger partial charge is 0.416 e. The number of hydrogen-bond donors (Lipinski definition) is 0. The van der Waals surface area contributed by atoms with Crippen LogP contribution in [0.4, 0.5) is 26.3 Å². The van der Waals surface area contributed by atoms with Crippen molar-refractivity contribution in [2.24, 2.45) is 5.16 Å². The number of benzene rings is 2. The summed E-state index contributed by atoms with van der Waals surface area (Å²) < 4.78 is 89.1. The number of alkyl halides is 6. The van der Waals surface area contributed by atoms with Gasteiger partial charge < -0.3 is 14.3 Å². The number of hydrogen-bond acceptors (Lipinski definition) is 6. The van der Waals surface area contributed by atoms with Crippen molar-refractivity contribution in [3.8, 4) is 0 Å². The van der Waals surface area contributed by atoms with E-state index in [1.165, 1.54) is 20.5 Å². The fourth-order valence-corrected chi connectivity index (χ4v) is 3.45. The number of rotatable bonds is 9. The molecular formula is C23H21F6NO4S. The fraction of sp³-hybridized carbons (Fsp3) is 0.304. The maximum atomic E-state index is 13.2. The summed E-state index contributed by atoms with van der Waals surface area (Å²) in [5.74, 6) is -0.702. The Morgan fingerprint density at radius 1 is 1.00 bits per heavy atom. The SMILES string of the molecule is CO/C=C(\C(=O)OC)c1ccccc1CO/N=C(\CSC)c1cc(C(F)(F)F)cc(C(F)(F)F)c1. The van der Waals surface area contributed by atoms with Crippen LogP contribution in [0.2, 0.25) is 0 Å². The molecule has 5 nitrogen and oxygen atoms in total. The summed E-state index contributed by atoms with van der Waals surface area (Å²) in [7, 11) is 2.53. The van der Waals surface area contributed by atoms with Crippen LogP contribution in [-0.2, 0) is 38.1 Å². The maximum Gasteiger partial charge on any atom is 0.416 e. The number of carbonyl (C=O) groups excluding carboxylic acids is 1. The van der Waals surface area contributed by atoms with Crippen molar-refractivity contribution in [3.63, 3.8) is 0 Å². The lowest BCUT2D eigenvalue weighted by Gasteiger charge is -2.15. The molecule has 0 bridgehead atoms. The molecule has 0 heterocycles. The number of ether oxygens (including phenoxy) is 2. The molecule has 0 atom stereocenters. The van der Waals surface area contributed by atoms with E-state index in [1.54, 1.807) is 30.5 Å². The van der Waals surface area contributed by atoms with Crippen molar-refractivity contribution in [1.82, 2.24) is 0 Å². The monoisotopic (exact) mass is 521 g/mol. The van der Waals surface area contributed by atoms with Crippen LogP contribution >= 0.6 is 11.8 Å². The molecule has 0 aliphatic carbocycles. The van der Waals surface area contributed by atoms with Crippen molar-refractivity contribution >= 4 is 29.0 Å². The highest BCUT2D eigenvalue weighted by Gasteiger charge is 2.37. The number of nitrogens with zero attached hydrogens (tertiary/aromatic N) is 1. The Hall–Kier alpha value is -3.15. The summed E-state index contributed by atoms with van der Waals surface area (Å²) in [5, 5.41) is 3.83. The molecule has 0 saturated heterocycles. The van der Waals surface area contributed by atoms with E-state index in [-0.39, 0.29) is 35.3 Å². The van der Waals surface area contributed by atoms with Gasteiger partial charge in [-0.15, -0.1) is 0 Å². The van der Waals surface area contributed by atoms with Crippen LogP contribution in [0.5, 0.6) is 0 Å². The molecule has 0 unspecified atom stereocenters. The summed E-state index contributed by atoms with van der Waals surface area (Å²) in [6.45, 7) is -0.239. The lowest BCUT2D eigenvalue weighted by Crippen LogP contribution is -2.15. The lowest BCUT2D eigenvalue weighted by molar-refractivity contribution is -0.143. The first kappa shape index (κ1) is 28.1. The zero-order valence-corrected chi connectivity index (χ0v) is 19.6. The topological polar surface area (TPSA) is 57.1 Å². The lowest BCUT2D eigenvalue weighted by atomic mass is 10.0. The third-order valence-corrected chi connectivity index (χ3v) is 5.11.